The molecule has 1 aromatic carbocycles. The van der Waals surface area contributed by atoms with E-state index in [0.29, 0.717) is 6.42 Å². The SMILES string of the molecule is CC(=O)Cc1ccc(O)cc1I. The summed E-state index contributed by atoms with van der Waals surface area (Å²) in [5.41, 5.74) is 0.973. The van der Waals surface area contributed by atoms with Crippen molar-refractivity contribution in [2.75, 3.05) is 0 Å². The first kappa shape index (κ1) is 9.51. The van der Waals surface area contributed by atoms with Crippen molar-refractivity contribution >= 4 is 28.4 Å². The number of carbonyl (C=O) groups excluding carboxylic acids is 1. The summed E-state index contributed by atoms with van der Waals surface area (Å²) in [6.07, 6.45) is 0.443. The second-order valence-electron chi connectivity index (χ2n) is 2.65. The van der Waals surface area contributed by atoms with Gasteiger partial charge < -0.3 is 5.11 Å². The normalized spacial score (nSPS) is 9.83. The van der Waals surface area contributed by atoms with Crippen molar-refractivity contribution in [3.8, 4) is 5.75 Å². The molecule has 0 aliphatic carbocycles. The van der Waals surface area contributed by atoms with Gasteiger partial charge in [-0.05, 0) is 47.2 Å². The summed E-state index contributed by atoms with van der Waals surface area (Å²) in [5.74, 6) is 0.380. The lowest BCUT2D eigenvalue weighted by atomic mass is 10.1. The molecule has 0 unspecified atom stereocenters. The van der Waals surface area contributed by atoms with Gasteiger partial charge in [0.05, 0.1) is 0 Å². The van der Waals surface area contributed by atoms with E-state index in [1.54, 1.807) is 25.1 Å². The Kier molecular flexibility index (Phi) is 3.08. The van der Waals surface area contributed by atoms with Crippen molar-refractivity contribution in [3.63, 3.8) is 0 Å². The molecule has 0 heterocycles. The Labute approximate surface area is 84.7 Å². The molecule has 12 heavy (non-hydrogen) atoms. The zero-order chi connectivity index (χ0) is 9.14. The van der Waals surface area contributed by atoms with Gasteiger partial charge in [0.2, 0.25) is 0 Å². The molecule has 3 heteroatoms. The monoisotopic (exact) mass is 276 g/mol. The summed E-state index contributed by atoms with van der Waals surface area (Å²) in [4.78, 5) is 10.8. The average molecular weight is 276 g/mol. The highest BCUT2D eigenvalue weighted by atomic mass is 127. The van der Waals surface area contributed by atoms with Crippen LogP contribution in [0.2, 0.25) is 0 Å². The molecular weight excluding hydrogens is 267 g/mol. The number of Topliss-reactive ketones (excluding diaryl/α,β-unsaturated/α-hetero) is 1. The van der Waals surface area contributed by atoms with Crippen LogP contribution >= 0.6 is 22.6 Å². The Bertz CT molecular complexity index is 307. The summed E-state index contributed by atoms with van der Waals surface area (Å²) >= 11 is 2.11. The molecule has 2 nitrogen and oxygen atoms in total. The predicted molar refractivity (Wildman–Crippen MR) is 55.2 cm³/mol. The Morgan fingerprint density at radius 1 is 1.58 bits per heavy atom. The number of phenolic OH excluding ortho intramolecular Hbond substituents is 1. The summed E-state index contributed by atoms with van der Waals surface area (Å²) in [7, 11) is 0. The van der Waals surface area contributed by atoms with Crippen LogP contribution in [0.4, 0.5) is 0 Å². The van der Waals surface area contributed by atoms with Gasteiger partial charge in [-0.15, -0.1) is 0 Å². The van der Waals surface area contributed by atoms with Crippen LogP contribution in [0.25, 0.3) is 0 Å². The summed E-state index contributed by atoms with van der Waals surface area (Å²) < 4.78 is 0.933. The highest BCUT2D eigenvalue weighted by Crippen LogP contribution is 2.18. The van der Waals surface area contributed by atoms with E-state index >= 15 is 0 Å². The topological polar surface area (TPSA) is 37.3 Å². The van der Waals surface area contributed by atoms with Gasteiger partial charge in [0.25, 0.3) is 0 Å². The lowest BCUT2D eigenvalue weighted by molar-refractivity contribution is -0.116. The smallest absolute Gasteiger partial charge is 0.134 e. The minimum Gasteiger partial charge on any atom is -0.508 e. The summed E-state index contributed by atoms with van der Waals surface area (Å²) in [5, 5.41) is 9.08. The third-order valence-electron chi connectivity index (χ3n) is 1.48. The van der Waals surface area contributed by atoms with Gasteiger partial charge in [-0.3, -0.25) is 4.79 Å². The van der Waals surface area contributed by atoms with Gasteiger partial charge >= 0.3 is 0 Å². The van der Waals surface area contributed by atoms with Gasteiger partial charge in [-0.2, -0.15) is 0 Å². The minimum absolute atomic E-state index is 0.138. The van der Waals surface area contributed by atoms with Crippen LogP contribution in [0.5, 0.6) is 5.75 Å². The predicted octanol–water partition coefficient (Wildman–Crippen LogP) is 2.13. The number of phenols is 1. The fourth-order valence-corrected chi connectivity index (χ4v) is 1.64. The first-order valence-corrected chi connectivity index (χ1v) is 4.64. The second-order valence-corrected chi connectivity index (χ2v) is 3.82. The molecule has 0 amide bonds. The maximum absolute atomic E-state index is 10.8. The molecule has 0 spiro atoms. The van der Waals surface area contributed by atoms with Gasteiger partial charge in [-0.1, -0.05) is 6.07 Å². The maximum Gasteiger partial charge on any atom is 0.134 e. The van der Waals surface area contributed by atoms with E-state index < -0.39 is 0 Å². The molecule has 0 aromatic heterocycles. The van der Waals surface area contributed by atoms with Gasteiger partial charge in [0, 0.05) is 9.99 Å². The van der Waals surface area contributed by atoms with Crippen LogP contribution in [-0.2, 0) is 11.2 Å². The van der Waals surface area contributed by atoms with E-state index in [4.69, 9.17) is 5.11 Å². The molecule has 0 fully saturated rings. The van der Waals surface area contributed by atoms with Gasteiger partial charge in [-0.25, -0.2) is 0 Å². The molecular formula is C9H9IO2. The molecule has 0 aliphatic rings. The number of ketones is 1. The first-order chi connectivity index (χ1) is 5.59. The molecule has 0 aliphatic heterocycles. The van der Waals surface area contributed by atoms with Crippen molar-refractivity contribution < 1.29 is 9.90 Å². The van der Waals surface area contributed by atoms with E-state index in [0.717, 1.165) is 9.13 Å². The van der Waals surface area contributed by atoms with E-state index in [9.17, 15) is 4.79 Å². The minimum atomic E-state index is 0.138. The third kappa shape index (κ3) is 2.48. The molecule has 0 saturated heterocycles. The zero-order valence-electron chi connectivity index (χ0n) is 6.67. The van der Waals surface area contributed by atoms with Crippen molar-refractivity contribution in [1.82, 2.24) is 0 Å². The van der Waals surface area contributed by atoms with Crippen molar-refractivity contribution in [2.45, 2.75) is 13.3 Å². The Morgan fingerprint density at radius 3 is 2.75 bits per heavy atom. The number of rotatable bonds is 2. The number of hydrogen-bond acceptors (Lipinski definition) is 2. The molecule has 0 radical (unpaired) electrons. The Morgan fingerprint density at radius 2 is 2.25 bits per heavy atom. The average Bonchev–Trinajstić information content (AvgIpc) is 1.94. The van der Waals surface area contributed by atoms with E-state index in [1.165, 1.54) is 0 Å². The number of hydrogen-bond donors (Lipinski definition) is 1. The highest BCUT2D eigenvalue weighted by Gasteiger charge is 2.02. The Balaban J connectivity index is 2.93. The maximum atomic E-state index is 10.8. The van der Waals surface area contributed by atoms with Crippen molar-refractivity contribution in [1.29, 1.82) is 0 Å². The third-order valence-corrected chi connectivity index (χ3v) is 2.48. The molecule has 0 saturated carbocycles. The van der Waals surface area contributed by atoms with Crippen LogP contribution in [0.1, 0.15) is 12.5 Å². The highest BCUT2D eigenvalue weighted by molar-refractivity contribution is 14.1. The number of aromatic hydroxyl groups is 1. The lowest BCUT2D eigenvalue weighted by Crippen LogP contribution is -1.97. The van der Waals surface area contributed by atoms with Crippen LogP contribution in [0.3, 0.4) is 0 Å². The van der Waals surface area contributed by atoms with Gasteiger partial charge in [0.1, 0.15) is 11.5 Å². The Hall–Kier alpha value is -0.580. The molecule has 1 N–H and O–H groups in total. The van der Waals surface area contributed by atoms with E-state index in [-0.39, 0.29) is 11.5 Å². The van der Waals surface area contributed by atoms with Crippen LogP contribution in [0, 0.1) is 3.57 Å². The van der Waals surface area contributed by atoms with E-state index in [2.05, 4.69) is 22.6 Å². The zero-order valence-corrected chi connectivity index (χ0v) is 8.83. The first-order valence-electron chi connectivity index (χ1n) is 3.56. The molecule has 0 bridgehead atoms. The molecule has 0 atom stereocenters. The largest absolute Gasteiger partial charge is 0.508 e. The van der Waals surface area contributed by atoms with Crippen LogP contribution < -0.4 is 0 Å². The van der Waals surface area contributed by atoms with Crippen LogP contribution in [0.15, 0.2) is 18.2 Å². The second kappa shape index (κ2) is 3.89. The molecule has 1 rings (SSSR count). The molecule has 1 aromatic rings. The summed E-state index contributed by atoms with van der Waals surface area (Å²) in [6, 6.07) is 5.03. The van der Waals surface area contributed by atoms with Gasteiger partial charge in [0.15, 0.2) is 0 Å². The quantitative estimate of drug-likeness (QED) is 0.840. The number of carbonyl (C=O) groups is 1. The standard InChI is InChI=1S/C9H9IO2/c1-6(11)4-7-2-3-8(12)5-9(7)10/h2-3,5,12H,4H2,1H3. The fraction of sp³-hybridized carbons (Fsp3) is 0.222. The fourth-order valence-electron chi connectivity index (χ4n) is 0.948. The van der Waals surface area contributed by atoms with E-state index in [1.807, 2.05) is 0 Å². The van der Waals surface area contributed by atoms with Crippen molar-refractivity contribution in [2.24, 2.45) is 0 Å². The number of benzene rings is 1. The number of halogens is 1. The van der Waals surface area contributed by atoms with Crippen molar-refractivity contribution in [3.05, 3.63) is 27.3 Å². The summed E-state index contributed by atoms with van der Waals surface area (Å²) in [6.45, 7) is 1.56. The molecule has 64 valence electrons. The lowest BCUT2D eigenvalue weighted by Gasteiger charge is -2.01. The van der Waals surface area contributed by atoms with Crippen LogP contribution in [-0.4, -0.2) is 10.9 Å².